The van der Waals surface area contributed by atoms with Gasteiger partial charge in [-0.3, -0.25) is 4.79 Å². The molecule has 2 N–H and O–H groups in total. The van der Waals surface area contributed by atoms with Crippen molar-refractivity contribution in [1.82, 2.24) is 4.90 Å². The van der Waals surface area contributed by atoms with Gasteiger partial charge in [-0.15, -0.1) is 0 Å². The molecule has 2 rings (SSSR count). The molecule has 18 heavy (non-hydrogen) atoms. The van der Waals surface area contributed by atoms with E-state index in [1.54, 1.807) is 0 Å². The summed E-state index contributed by atoms with van der Waals surface area (Å²) in [4.78, 5) is 13.8. The highest BCUT2D eigenvalue weighted by Gasteiger charge is 2.36. The summed E-state index contributed by atoms with van der Waals surface area (Å²) in [5.74, 6) is 0.195. The van der Waals surface area contributed by atoms with Gasteiger partial charge in [-0.2, -0.15) is 0 Å². The number of carbonyl (C=O) groups excluding carboxylic acids is 1. The Balaban J connectivity index is 1.97. The SMILES string of the molecule is CC(C)(CCc1ccccc1)N1CC(N)CC1=O. The van der Waals surface area contributed by atoms with Crippen molar-refractivity contribution in [2.45, 2.75) is 44.7 Å². The highest BCUT2D eigenvalue weighted by atomic mass is 16.2. The molecule has 1 saturated heterocycles. The van der Waals surface area contributed by atoms with Gasteiger partial charge in [-0.1, -0.05) is 30.3 Å². The van der Waals surface area contributed by atoms with Gasteiger partial charge in [0.25, 0.3) is 0 Å². The maximum Gasteiger partial charge on any atom is 0.224 e. The van der Waals surface area contributed by atoms with E-state index in [1.807, 2.05) is 11.0 Å². The van der Waals surface area contributed by atoms with Crippen LogP contribution in [0.2, 0.25) is 0 Å². The topological polar surface area (TPSA) is 46.3 Å². The minimum absolute atomic E-state index is 0.00787. The number of aryl methyl sites for hydroxylation is 1. The second-order valence-electron chi connectivity index (χ2n) is 5.77. The monoisotopic (exact) mass is 246 g/mol. The van der Waals surface area contributed by atoms with Crippen LogP contribution in [0.1, 0.15) is 32.3 Å². The summed E-state index contributed by atoms with van der Waals surface area (Å²) in [6.07, 6.45) is 2.46. The van der Waals surface area contributed by atoms with E-state index in [-0.39, 0.29) is 17.5 Å². The Hall–Kier alpha value is -1.35. The number of likely N-dealkylation sites (tertiary alicyclic amines) is 1. The van der Waals surface area contributed by atoms with Gasteiger partial charge in [-0.25, -0.2) is 0 Å². The molecule has 0 aromatic heterocycles. The Morgan fingerprint density at radius 1 is 1.33 bits per heavy atom. The average molecular weight is 246 g/mol. The van der Waals surface area contributed by atoms with Crippen molar-refractivity contribution < 1.29 is 4.79 Å². The Bertz CT molecular complexity index is 414. The van der Waals surface area contributed by atoms with Crippen molar-refractivity contribution >= 4 is 5.91 Å². The van der Waals surface area contributed by atoms with E-state index in [1.165, 1.54) is 5.56 Å². The van der Waals surface area contributed by atoms with Crippen LogP contribution in [0.15, 0.2) is 30.3 Å². The van der Waals surface area contributed by atoms with Crippen molar-refractivity contribution in [3.8, 4) is 0 Å². The molecule has 1 fully saturated rings. The number of carbonyl (C=O) groups is 1. The fourth-order valence-electron chi connectivity index (χ4n) is 2.55. The molecule has 1 atom stereocenters. The summed E-state index contributed by atoms with van der Waals surface area (Å²) in [6, 6.07) is 10.4. The summed E-state index contributed by atoms with van der Waals surface area (Å²) in [5, 5.41) is 0. The standard InChI is InChI=1S/C15H22N2O/c1-15(2,17-11-13(16)10-14(17)18)9-8-12-6-4-3-5-7-12/h3-7,13H,8-11,16H2,1-2H3. The van der Waals surface area contributed by atoms with Gasteiger partial charge in [0.2, 0.25) is 5.91 Å². The van der Waals surface area contributed by atoms with Crippen LogP contribution in [0.5, 0.6) is 0 Å². The number of amides is 1. The Kier molecular flexibility index (Phi) is 3.71. The quantitative estimate of drug-likeness (QED) is 0.882. The Morgan fingerprint density at radius 3 is 2.56 bits per heavy atom. The first kappa shape index (κ1) is 13.1. The Labute approximate surface area is 109 Å². The van der Waals surface area contributed by atoms with Gasteiger partial charge in [0.15, 0.2) is 0 Å². The van der Waals surface area contributed by atoms with Gasteiger partial charge in [0, 0.05) is 24.5 Å². The van der Waals surface area contributed by atoms with Gasteiger partial charge in [0.05, 0.1) is 0 Å². The van der Waals surface area contributed by atoms with Crippen molar-refractivity contribution in [1.29, 1.82) is 0 Å². The maximum absolute atomic E-state index is 11.9. The number of benzene rings is 1. The fourth-order valence-corrected chi connectivity index (χ4v) is 2.55. The fraction of sp³-hybridized carbons (Fsp3) is 0.533. The molecule has 1 aromatic rings. The number of hydrogen-bond acceptors (Lipinski definition) is 2. The van der Waals surface area contributed by atoms with E-state index in [0.29, 0.717) is 13.0 Å². The lowest BCUT2D eigenvalue weighted by atomic mass is 9.93. The van der Waals surface area contributed by atoms with Gasteiger partial charge in [-0.05, 0) is 32.3 Å². The van der Waals surface area contributed by atoms with Crippen LogP contribution < -0.4 is 5.73 Å². The lowest BCUT2D eigenvalue weighted by Gasteiger charge is -2.36. The molecule has 1 unspecified atom stereocenters. The molecule has 1 amide bonds. The van der Waals surface area contributed by atoms with E-state index in [4.69, 9.17) is 5.73 Å². The lowest BCUT2D eigenvalue weighted by Crippen LogP contribution is -2.46. The van der Waals surface area contributed by atoms with Crippen LogP contribution in [0.25, 0.3) is 0 Å². The molecule has 3 nitrogen and oxygen atoms in total. The van der Waals surface area contributed by atoms with Crippen molar-refractivity contribution in [3.63, 3.8) is 0 Å². The zero-order chi connectivity index (χ0) is 13.2. The number of hydrogen-bond donors (Lipinski definition) is 1. The first-order chi connectivity index (χ1) is 8.49. The van der Waals surface area contributed by atoms with Crippen LogP contribution in [0.3, 0.4) is 0 Å². The van der Waals surface area contributed by atoms with E-state index < -0.39 is 0 Å². The third kappa shape index (κ3) is 2.91. The summed E-state index contributed by atoms with van der Waals surface area (Å²) >= 11 is 0. The molecular weight excluding hydrogens is 224 g/mol. The summed E-state index contributed by atoms with van der Waals surface area (Å²) < 4.78 is 0. The summed E-state index contributed by atoms with van der Waals surface area (Å²) in [7, 11) is 0. The van der Waals surface area contributed by atoms with Crippen LogP contribution in [-0.4, -0.2) is 28.9 Å². The third-order valence-corrected chi connectivity index (χ3v) is 3.75. The molecule has 0 bridgehead atoms. The number of rotatable bonds is 4. The van der Waals surface area contributed by atoms with Crippen LogP contribution >= 0.6 is 0 Å². The number of nitrogens with zero attached hydrogens (tertiary/aromatic N) is 1. The number of nitrogens with two attached hydrogens (primary N) is 1. The van der Waals surface area contributed by atoms with Crippen molar-refractivity contribution in [3.05, 3.63) is 35.9 Å². The summed E-state index contributed by atoms with van der Waals surface area (Å²) in [5.41, 5.74) is 7.07. The first-order valence-corrected chi connectivity index (χ1v) is 6.59. The molecule has 1 aliphatic rings. The normalized spacial score (nSPS) is 20.5. The van der Waals surface area contributed by atoms with Crippen LogP contribution in [-0.2, 0) is 11.2 Å². The smallest absolute Gasteiger partial charge is 0.224 e. The maximum atomic E-state index is 11.9. The molecule has 1 aliphatic heterocycles. The van der Waals surface area contributed by atoms with E-state index in [2.05, 4.69) is 38.1 Å². The lowest BCUT2D eigenvalue weighted by molar-refractivity contribution is -0.132. The van der Waals surface area contributed by atoms with Crippen LogP contribution in [0.4, 0.5) is 0 Å². The molecular formula is C15H22N2O. The molecule has 0 radical (unpaired) electrons. The zero-order valence-electron chi connectivity index (χ0n) is 11.2. The molecule has 0 spiro atoms. The van der Waals surface area contributed by atoms with E-state index in [0.717, 1.165) is 12.8 Å². The zero-order valence-corrected chi connectivity index (χ0v) is 11.2. The first-order valence-electron chi connectivity index (χ1n) is 6.59. The van der Waals surface area contributed by atoms with Gasteiger partial charge in [0.1, 0.15) is 0 Å². The highest BCUT2D eigenvalue weighted by Crippen LogP contribution is 2.26. The molecule has 0 saturated carbocycles. The second-order valence-corrected chi connectivity index (χ2v) is 5.77. The minimum atomic E-state index is -0.110. The largest absolute Gasteiger partial charge is 0.336 e. The van der Waals surface area contributed by atoms with Gasteiger partial charge < -0.3 is 10.6 Å². The second kappa shape index (κ2) is 5.11. The summed E-state index contributed by atoms with van der Waals surface area (Å²) in [6.45, 7) is 4.96. The molecule has 3 heteroatoms. The van der Waals surface area contributed by atoms with Crippen LogP contribution in [0, 0.1) is 0 Å². The molecule has 1 heterocycles. The molecule has 0 aliphatic carbocycles. The van der Waals surface area contributed by atoms with E-state index in [9.17, 15) is 4.79 Å². The average Bonchev–Trinajstić information content (AvgIpc) is 2.68. The predicted octanol–water partition coefficient (Wildman–Crippen LogP) is 1.96. The molecule has 98 valence electrons. The van der Waals surface area contributed by atoms with E-state index >= 15 is 0 Å². The van der Waals surface area contributed by atoms with Gasteiger partial charge >= 0.3 is 0 Å². The highest BCUT2D eigenvalue weighted by molar-refractivity contribution is 5.80. The minimum Gasteiger partial charge on any atom is -0.336 e. The Morgan fingerprint density at radius 2 is 2.00 bits per heavy atom. The van der Waals surface area contributed by atoms with Crippen molar-refractivity contribution in [2.75, 3.05) is 6.54 Å². The van der Waals surface area contributed by atoms with Crippen molar-refractivity contribution in [2.24, 2.45) is 5.73 Å². The molecule has 1 aromatic carbocycles. The predicted molar refractivity (Wildman–Crippen MR) is 73.1 cm³/mol. The third-order valence-electron chi connectivity index (χ3n) is 3.75.